The van der Waals surface area contributed by atoms with Crippen molar-refractivity contribution in [3.63, 3.8) is 0 Å². The van der Waals surface area contributed by atoms with E-state index in [0.717, 1.165) is 11.8 Å². The number of amides is 1. The fourth-order valence-electron chi connectivity index (χ4n) is 2.81. The van der Waals surface area contributed by atoms with E-state index in [4.69, 9.17) is 0 Å². The summed E-state index contributed by atoms with van der Waals surface area (Å²) in [6, 6.07) is 0.516. The van der Waals surface area contributed by atoms with Crippen molar-refractivity contribution in [3.05, 3.63) is 0 Å². The molecule has 3 unspecified atom stereocenters. The Kier molecular flexibility index (Phi) is 5.44. The Bertz CT molecular complexity index is 251. The summed E-state index contributed by atoms with van der Waals surface area (Å²) in [5.74, 6) is 2.39. The summed E-state index contributed by atoms with van der Waals surface area (Å²) in [7, 11) is 3.63. The third kappa shape index (κ3) is 4.30. The van der Waals surface area contributed by atoms with Crippen molar-refractivity contribution in [2.75, 3.05) is 20.6 Å². The highest BCUT2D eigenvalue weighted by atomic mass is 16.2. The molecular weight excluding hydrogens is 212 g/mol. The fraction of sp³-hybridized carbons (Fsp3) is 0.929. The second-order valence-electron chi connectivity index (χ2n) is 6.10. The van der Waals surface area contributed by atoms with Gasteiger partial charge in [-0.15, -0.1) is 0 Å². The minimum atomic E-state index is 0.172. The smallest absolute Gasteiger partial charge is 0.236 e. The molecule has 0 aromatic heterocycles. The van der Waals surface area contributed by atoms with E-state index in [0.29, 0.717) is 18.5 Å². The summed E-state index contributed by atoms with van der Waals surface area (Å²) in [6.07, 6.45) is 3.85. The van der Waals surface area contributed by atoms with Crippen LogP contribution in [0.1, 0.15) is 40.0 Å². The Balaban J connectivity index is 2.49. The lowest BCUT2D eigenvalue weighted by Gasteiger charge is -2.38. The SMILES string of the molecule is CC1CCC(C(C)C)C(NCC(=O)N(C)C)C1. The molecule has 0 heterocycles. The van der Waals surface area contributed by atoms with Gasteiger partial charge in [0.2, 0.25) is 5.91 Å². The highest BCUT2D eigenvalue weighted by Gasteiger charge is 2.30. The van der Waals surface area contributed by atoms with Gasteiger partial charge in [-0.3, -0.25) is 4.79 Å². The molecule has 0 saturated heterocycles. The first kappa shape index (κ1) is 14.5. The topological polar surface area (TPSA) is 32.3 Å². The first-order valence-corrected chi connectivity index (χ1v) is 6.85. The van der Waals surface area contributed by atoms with Crippen molar-refractivity contribution in [2.24, 2.45) is 17.8 Å². The third-order valence-electron chi connectivity index (χ3n) is 4.04. The fourth-order valence-corrected chi connectivity index (χ4v) is 2.81. The normalized spacial score (nSPS) is 29.4. The monoisotopic (exact) mass is 240 g/mol. The van der Waals surface area contributed by atoms with Gasteiger partial charge in [-0.05, 0) is 30.6 Å². The molecule has 3 nitrogen and oxygen atoms in total. The Morgan fingerprint density at radius 2 is 2.00 bits per heavy atom. The Labute approximate surface area is 106 Å². The van der Waals surface area contributed by atoms with Crippen LogP contribution in [0, 0.1) is 17.8 Å². The summed E-state index contributed by atoms with van der Waals surface area (Å²) < 4.78 is 0. The van der Waals surface area contributed by atoms with Gasteiger partial charge in [0.15, 0.2) is 0 Å². The van der Waals surface area contributed by atoms with Gasteiger partial charge in [-0.2, -0.15) is 0 Å². The molecule has 100 valence electrons. The maximum Gasteiger partial charge on any atom is 0.236 e. The Morgan fingerprint density at radius 3 is 2.53 bits per heavy atom. The van der Waals surface area contributed by atoms with Crippen LogP contribution in [0.25, 0.3) is 0 Å². The molecule has 1 rings (SSSR count). The van der Waals surface area contributed by atoms with Crippen molar-refractivity contribution in [2.45, 2.75) is 46.1 Å². The van der Waals surface area contributed by atoms with E-state index >= 15 is 0 Å². The van der Waals surface area contributed by atoms with Crippen LogP contribution >= 0.6 is 0 Å². The summed E-state index contributed by atoms with van der Waals surface area (Å²) >= 11 is 0. The minimum Gasteiger partial charge on any atom is -0.348 e. The largest absolute Gasteiger partial charge is 0.348 e. The molecule has 1 aliphatic rings. The number of likely N-dealkylation sites (N-methyl/N-ethyl adjacent to an activating group) is 1. The Morgan fingerprint density at radius 1 is 1.35 bits per heavy atom. The zero-order chi connectivity index (χ0) is 13.0. The van der Waals surface area contributed by atoms with Crippen LogP contribution in [0.5, 0.6) is 0 Å². The summed E-state index contributed by atoms with van der Waals surface area (Å²) in [5, 5.41) is 3.47. The quantitative estimate of drug-likeness (QED) is 0.816. The molecule has 0 radical (unpaired) electrons. The second kappa shape index (κ2) is 6.39. The van der Waals surface area contributed by atoms with Gasteiger partial charge in [-0.1, -0.05) is 27.2 Å². The first-order valence-electron chi connectivity index (χ1n) is 6.85. The van der Waals surface area contributed by atoms with Gasteiger partial charge in [-0.25, -0.2) is 0 Å². The number of hydrogen-bond acceptors (Lipinski definition) is 2. The van der Waals surface area contributed by atoms with Gasteiger partial charge in [0.25, 0.3) is 0 Å². The van der Waals surface area contributed by atoms with Crippen molar-refractivity contribution < 1.29 is 4.79 Å². The van der Waals surface area contributed by atoms with Gasteiger partial charge in [0.1, 0.15) is 0 Å². The van der Waals surface area contributed by atoms with E-state index < -0.39 is 0 Å². The predicted octanol–water partition coefficient (Wildman–Crippen LogP) is 2.12. The molecule has 0 spiro atoms. The van der Waals surface area contributed by atoms with Crippen LogP contribution < -0.4 is 5.32 Å². The van der Waals surface area contributed by atoms with E-state index in [1.54, 1.807) is 4.90 Å². The van der Waals surface area contributed by atoms with Crippen LogP contribution in [0.4, 0.5) is 0 Å². The molecule has 1 aliphatic carbocycles. The van der Waals surface area contributed by atoms with E-state index in [2.05, 4.69) is 26.1 Å². The molecular formula is C14H28N2O. The molecule has 0 aromatic carbocycles. The average molecular weight is 240 g/mol. The highest BCUT2D eigenvalue weighted by Crippen LogP contribution is 2.33. The van der Waals surface area contributed by atoms with E-state index in [9.17, 15) is 4.79 Å². The van der Waals surface area contributed by atoms with Crippen molar-refractivity contribution in [1.82, 2.24) is 10.2 Å². The van der Waals surface area contributed by atoms with Gasteiger partial charge in [0.05, 0.1) is 6.54 Å². The van der Waals surface area contributed by atoms with Crippen molar-refractivity contribution >= 4 is 5.91 Å². The zero-order valence-electron chi connectivity index (χ0n) is 12.0. The molecule has 0 bridgehead atoms. The summed E-state index contributed by atoms with van der Waals surface area (Å²) in [5.41, 5.74) is 0. The maximum atomic E-state index is 11.6. The first-order chi connectivity index (χ1) is 7.91. The molecule has 1 saturated carbocycles. The van der Waals surface area contributed by atoms with E-state index in [-0.39, 0.29) is 5.91 Å². The lowest BCUT2D eigenvalue weighted by Crippen LogP contribution is -2.46. The van der Waals surface area contributed by atoms with E-state index in [1.807, 2.05) is 14.1 Å². The van der Waals surface area contributed by atoms with Crippen LogP contribution in [-0.2, 0) is 4.79 Å². The lowest BCUT2D eigenvalue weighted by molar-refractivity contribution is -0.128. The second-order valence-corrected chi connectivity index (χ2v) is 6.10. The van der Waals surface area contributed by atoms with Gasteiger partial charge >= 0.3 is 0 Å². The highest BCUT2D eigenvalue weighted by molar-refractivity contribution is 5.77. The number of rotatable bonds is 4. The van der Waals surface area contributed by atoms with Crippen molar-refractivity contribution in [3.8, 4) is 0 Å². The number of hydrogen-bond donors (Lipinski definition) is 1. The number of nitrogens with one attached hydrogen (secondary N) is 1. The minimum absolute atomic E-state index is 0.172. The van der Waals surface area contributed by atoms with Crippen LogP contribution in [0.2, 0.25) is 0 Å². The lowest BCUT2D eigenvalue weighted by atomic mass is 9.74. The predicted molar refractivity (Wildman–Crippen MR) is 71.8 cm³/mol. The third-order valence-corrected chi connectivity index (χ3v) is 4.04. The molecule has 3 atom stereocenters. The molecule has 1 fully saturated rings. The summed E-state index contributed by atoms with van der Waals surface area (Å²) in [6.45, 7) is 7.39. The molecule has 0 aliphatic heterocycles. The number of carbonyl (C=O) groups excluding carboxylic acids is 1. The number of nitrogens with zero attached hydrogens (tertiary/aromatic N) is 1. The molecule has 0 aromatic rings. The standard InChI is InChI=1S/C14H28N2O/c1-10(2)12-7-6-11(3)8-13(12)15-9-14(17)16(4)5/h10-13,15H,6-9H2,1-5H3. The van der Waals surface area contributed by atoms with Crippen LogP contribution in [0.15, 0.2) is 0 Å². The Hall–Kier alpha value is -0.570. The molecule has 17 heavy (non-hydrogen) atoms. The molecule has 1 amide bonds. The van der Waals surface area contributed by atoms with E-state index in [1.165, 1.54) is 19.3 Å². The number of carbonyl (C=O) groups is 1. The summed E-state index contributed by atoms with van der Waals surface area (Å²) in [4.78, 5) is 13.3. The maximum absolute atomic E-state index is 11.6. The van der Waals surface area contributed by atoms with Gasteiger partial charge in [0, 0.05) is 20.1 Å². The molecule has 3 heteroatoms. The van der Waals surface area contributed by atoms with Crippen molar-refractivity contribution in [1.29, 1.82) is 0 Å². The van der Waals surface area contributed by atoms with Crippen LogP contribution in [-0.4, -0.2) is 37.5 Å². The van der Waals surface area contributed by atoms with Crippen LogP contribution in [0.3, 0.4) is 0 Å². The molecule has 1 N–H and O–H groups in total. The average Bonchev–Trinajstić information content (AvgIpc) is 2.25. The van der Waals surface area contributed by atoms with Gasteiger partial charge < -0.3 is 10.2 Å². The zero-order valence-corrected chi connectivity index (χ0v) is 12.0.